The van der Waals surface area contributed by atoms with E-state index in [0.29, 0.717) is 12.2 Å². The molecule has 39 heavy (non-hydrogen) atoms. The quantitative estimate of drug-likeness (QED) is 0.306. The highest BCUT2D eigenvalue weighted by Gasteiger charge is 2.58. The van der Waals surface area contributed by atoms with E-state index in [1.165, 1.54) is 24.3 Å². The molecule has 0 spiro atoms. The van der Waals surface area contributed by atoms with Gasteiger partial charge in [0.2, 0.25) is 0 Å². The van der Waals surface area contributed by atoms with Crippen LogP contribution in [0, 0.1) is 33.1 Å². The fourth-order valence-corrected chi connectivity index (χ4v) is 6.20. The van der Waals surface area contributed by atoms with Gasteiger partial charge in [0, 0.05) is 29.2 Å². The van der Waals surface area contributed by atoms with Gasteiger partial charge in [0.25, 0.3) is 0 Å². The van der Waals surface area contributed by atoms with Gasteiger partial charge in [-0.15, -0.1) is 0 Å². The summed E-state index contributed by atoms with van der Waals surface area (Å²) in [6.45, 7) is 10.2. The van der Waals surface area contributed by atoms with Crippen LogP contribution in [-0.4, -0.2) is 27.7 Å². The van der Waals surface area contributed by atoms with Crippen molar-refractivity contribution in [1.29, 1.82) is 0 Å². The van der Waals surface area contributed by atoms with Crippen LogP contribution < -0.4 is 0 Å². The van der Waals surface area contributed by atoms with Crippen LogP contribution in [0.2, 0.25) is 0 Å². The monoisotopic (exact) mass is 522 g/mol. The van der Waals surface area contributed by atoms with Crippen LogP contribution in [0.1, 0.15) is 63.5 Å². The predicted octanol–water partition coefficient (Wildman–Crippen LogP) is 7.31. The summed E-state index contributed by atoms with van der Waals surface area (Å²) < 4.78 is 6.37. The minimum atomic E-state index is -1.42. The van der Waals surface area contributed by atoms with Crippen LogP contribution in [0.5, 0.6) is 11.5 Å². The Bertz CT molecular complexity index is 1570. The molecule has 2 aliphatic carbocycles. The van der Waals surface area contributed by atoms with Crippen molar-refractivity contribution in [2.45, 2.75) is 46.6 Å². The summed E-state index contributed by atoms with van der Waals surface area (Å²) in [7, 11) is 0. The molecule has 0 bridgehead atoms. The first-order valence-corrected chi connectivity index (χ1v) is 13.3. The highest BCUT2D eigenvalue weighted by molar-refractivity contribution is 6.12. The van der Waals surface area contributed by atoms with Gasteiger partial charge >= 0.3 is 0 Å². The van der Waals surface area contributed by atoms with E-state index in [1.54, 1.807) is 0 Å². The summed E-state index contributed by atoms with van der Waals surface area (Å²) in [5.41, 5.74) is 5.36. The number of carbonyl (C=O) groups is 1. The molecular formula is C34H34O5. The van der Waals surface area contributed by atoms with E-state index in [-0.39, 0.29) is 34.2 Å². The first-order valence-electron chi connectivity index (χ1n) is 13.3. The molecule has 200 valence electrons. The van der Waals surface area contributed by atoms with Crippen molar-refractivity contribution in [2.24, 2.45) is 5.41 Å². The molecule has 3 atom stereocenters. The second-order valence-corrected chi connectivity index (χ2v) is 10.6. The van der Waals surface area contributed by atoms with Crippen molar-refractivity contribution in [1.82, 2.24) is 0 Å². The lowest BCUT2D eigenvalue weighted by Gasteiger charge is -2.49. The Morgan fingerprint density at radius 1 is 0.872 bits per heavy atom. The van der Waals surface area contributed by atoms with Crippen molar-refractivity contribution >= 4 is 17.4 Å². The number of phenols is 2. The fourth-order valence-electron chi connectivity index (χ4n) is 6.20. The Labute approximate surface area is 229 Å². The zero-order valence-corrected chi connectivity index (χ0v) is 22.9. The van der Waals surface area contributed by atoms with E-state index in [0.717, 1.165) is 33.4 Å². The third kappa shape index (κ3) is 4.18. The van der Waals surface area contributed by atoms with E-state index in [2.05, 4.69) is 6.07 Å². The maximum absolute atomic E-state index is 14.3. The zero-order chi connectivity index (χ0) is 28.1. The lowest BCUT2D eigenvalue weighted by atomic mass is 9.54. The normalized spacial score (nSPS) is 22.3. The van der Waals surface area contributed by atoms with Gasteiger partial charge < -0.3 is 20.1 Å². The number of rotatable bonds is 5. The summed E-state index contributed by atoms with van der Waals surface area (Å²) in [4.78, 5) is 14.3. The Hall–Kier alpha value is -4.09. The van der Waals surface area contributed by atoms with Crippen LogP contribution in [0.15, 0.2) is 72.5 Å². The maximum Gasteiger partial charge on any atom is 0.171 e. The number of aliphatic hydroxyl groups excluding tert-OH is 1. The third-order valence-electron chi connectivity index (χ3n) is 8.07. The molecule has 0 radical (unpaired) electrons. The van der Waals surface area contributed by atoms with E-state index in [9.17, 15) is 20.1 Å². The van der Waals surface area contributed by atoms with E-state index >= 15 is 0 Å². The standard InChI is InChI=1S/C34H34O5/c1-6-39-33-30-26(36)12-11-25(35)29(30)32-27(37)13-14-28(38)34(32,16-15-23-17-19(2)7-9-21(23)4)31(33)24-18-20(3)8-10-22(24)5/h7-18,31,33,35-37H,6H2,1-5H3/b16-15+/t31-,33-,34-/m1/s1. The molecule has 5 rings (SSSR count). The lowest BCUT2D eigenvalue weighted by Crippen LogP contribution is -2.45. The molecule has 0 saturated heterocycles. The first-order chi connectivity index (χ1) is 18.6. The molecule has 3 aromatic rings. The first kappa shape index (κ1) is 26.5. The Morgan fingerprint density at radius 3 is 2.26 bits per heavy atom. The van der Waals surface area contributed by atoms with Gasteiger partial charge in [-0.05, 0) is 81.2 Å². The topological polar surface area (TPSA) is 87.0 Å². The van der Waals surface area contributed by atoms with Crippen LogP contribution in [0.25, 0.3) is 11.6 Å². The number of hydrogen-bond acceptors (Lipinski definition) is 5. The van der Waals surface area contributed by atoms with Crippen LogP contribution in [0.4, 0.5) is 0 Å². The fraction of sp³-hybridized carbons (Fsp3) is 0.265. The van der Waals surface area contributed by atoms with Gasteiger partial charge in [-0.25, -0.2) is 0 Å². The van der Waals surface area contributed by atoms with Gasteiger partial charge in [-0.1, -0.05) is 59.7 Å². The van der Waals surface area contributed by atoms with Crippen molar-refractivity contribution in [2.75, 3.05) is 6.61 Å². The minimum absolute atomic E-state index is 0.0639. The van der Waals surface area contributed by atoms with Crippen molar-refractivity contribution < 1.29 is 24.9 Å². The molecule has 3 aromatic carbocycles. The molecule has 0 amide bonds. The minimum Gasteiger partial charge on any atom is -0.508 e. The largest absolute Gasteiger partial charge is 0.508 e. The number of ketones is 1. The molecule has 5 heteroatoms. The van der Waals surface area contributed by atoms with Gasteiger partial charge in [-0.2, -0.15) is 0 Å². The summed E-state index contributed by atoms with van der Waals surface area (Å²) >= 11 is 0. The SMILES string of the molecule is CCO[C@@H]1c2c(O)ccc(O)c2C2=C(O)C=CC(=O)[C@]2(/C=C/c2cc(C)ccc2C)[C@@H]1c1cc(C)ccc1C. The summed E-state index contributed by atoms with van der Waals surface area (Å²) in [6.07, 6.45) is 5.78. The van der Waals surface area contributed by atoms with E-state index in [1.807, 2.05) is 77.1 Å². The average molecular weight is 523 g/mol. The molecule has 0 saturated carbocycles. The second-order valence-electron chi connectivity index (χ2n) is 10.6. The number of fused-ring (bicyclic) bond motifs is 3. The molecule has 0 fully saturated rings. The number of ether oxygens (including phenoxy) is 1. The van der Waals surface area contributed by atoms with Crippen molar-refractivity contribution in [3.63, 3.8) is 0 Å². The van der Waals surface area contributed by atoms with Crippen LogP contribution in [0.3, 0.4) is 0 Å². The van der Waals surface area contributed by atoms with Crippen molar-refractivity contribution in [3.8, 4) is 11.5 Å². The van der Waals surface area contributed by atoms with Gasteiger partial charge in [0.15, 0.2) is 5.78 Å². The number of aliphatic hydroxyl groups is 1. The molecule has 0 unspecified atom stereocenters. The summed E-state index contributed by atoms with van der Waals surface area (Å²) in [5, 5.41) is 33.7. The second kappa shape index (κ2) is 9.90. The Morgan fingerprint density at radius 2 is 1.54 bits per heavy atom. The number of allylic oxidation sites excluding steroid dienone is 4. The van der Waals surface area contributed by atoms with E-state index in [4.69, 9.17) is 4.74 Å². The highest BCUT2D eigenvalue weighted by atomic mass is 16.5. The smallest absolute Gasteiger partial charge is 0.171 e. The number of phenolic OH excluding ortho intramolecular Hbond substituents is 2. The van der Waals surface area contributed by atoms with E-state index < -0.39 is 17.4 Å². The van der Waals surface area contributed by atoms with Gasteiger partial charge in [0.05, 0.1) is 11.5 Å². The van der Waals surface area contributed by atoms with Crippen molar-refractivity contribution in [3.05, 3.63) is 117 Å². The molecular weight excluding hydrogens is 488 g/mol. The average Bonchev–Trinajstić information content (AvgIpc) is 2.90. The molecule has 0 aliphatic heterocycles. The number of aromatic hydroxyl groups is 2. The maximum atomic E-state index is 14.3. The molecule has 5 nitrogen and oxygen atoms in total. The zero-order valence-electron chi connectivity index (χ0n) is 22.9. The lowest BCUT2D eigenvalue weighted by molar-refractivity contribution is -0.122. The molecule has 0 heterocycles. The number of aryl methyl sites for hydroxylation is 4. The molecule has 3 N–H and O–H groups in total. The highest BCUT2D eigenvalue weighted by Crippen LogP contribution is 2.65. The number of carbonyl (C=O) groups excluding carboxylic acids is 1. The molecule has 0 aromatic heterocycles. The molecule has 2 aliphatic rings. The van der Waals surface area contributed by atoms with Crippen LogP contribution >= 0.6 is 0 Å². The van der Waals surface area contributed by atoms with Gasteiger partial charge in [0.1, 0.15) is 17.3 Å². The Kier molecular flexibility index (Phi) is 6.73. The predicted molar refractivity (Wildman–Crippen MR) is 154 cm³/mol. The Balaban J connectivity index is 1.95. The number of hydrogen-bond donors (Lipinski definition) is 3. The summed E-state index contributed by atoms with van der Waals surface area (Å²) in [6, 6.07) is 15.0. The third-order valence-corrected chi connectivity index (χ3v) is 8.07. The summed E-state index contributed by atoms with van der Waals surface area (Å²) in [5.74, 6) is -1.21. The van der Waals surface area contributed by atoms with Gasteiger partial charge in [-0.3, -0.25) is 4.79 Å². The number of benzene rings is 3. The van der Waals surface area contributed by atoms with Crippen LogP contribution in [-0.2, 0) is 9.53 Å².